The molecule has 20 heavy (non-hydrogen) atoms. The van der Waals surface area contributed by atoms with Crippen LogP contribution in [-0.4, -0.2) is 45.2 Å². The second-order valence-electron chi connectivity index (χ2n) is 3.59. The molecule has 0 aliphatic carbocycles. The molecule has 0 aromatic carbocycles. The number of carboxylic acids is 1. The Hall–Kier alpha value is -1.87. The number of amides is 2. The van der Waals surface area contributed by atoms with E-state index >= 15 is 0 Å². The first kappa shape index (κ1) is 16.2. The molecular formula is C10H11ClN4O4S. The number of carbonyl (C=O) groups is 3. The lowest BCUT2D eigenvalue weighted by atomic mass is 10.2. The molecule has 0 bridgehead atoms. The molecule has 1 aromatic heterocycles. The maximum Gasteiger partial charge on any atom is 0.326 e. The lowest BCUT2D eigenvalue weighted by Crippen LogP contribution is -2.43. The third-order valence-corrected chi connectivity index (χ3v) is 2.97. The topological polar surface area (TPSA) is 135 Å². The van der Waals surface area contributed by atoms with Gasteiger partial charge < -0.3 is 16.2 Å². The number of carbonyl (C=O) groups excluding carboxylic acids is 2. The number of halogens is 1. The molecule has 1 aromatic rings. The van der Waals surface area contributed by atoms with E-state index in [9.17, 15) is 14.4 Å². The van der Waals surface area contributed by atoms with E-state index in [0.717, 1.165) is 0 Å². The normalized spacial score (nSPS) is 11.7. The smallest absolute Gasteiger partial charge is 0.326 e. The van der Waals surface area contributed by atoms with Crippen LogP contribution in [0.1, 0.15) is 16.9 Å². The molecule has 0 spiro atoms. The molecule has 0 unspecified atom stereocenters. The fourth-order valence-electron chi connectivity index (χ4n) is 1.24. The van der Waals surface area contributed by atoms with E-state index in [2.05, 4.69) is 15.3 Å². The Balaban J connectivity index is 2.94. The molecule has 1 rings (SSSR count). The number of aliphatic carboxylic acids is 1. The highest BCUT2D eigenvalue weighted by molar-refractivity contribution is 7.98. The molecule has 108 valence electrons. The first-order valence-electron chi connectivity index (χ1n) is 5.23. The SMILES string of the molecule is CSc1ncc(Cl)c(C(=O)N[C@@H](CC(N)=O)C(=O)O)n1. The average Bonchev–Trinajstić information content (AvgIpc) is 2.37. The van der Waals surface area contributed by atoms with Crippen LogP contribution in [0.5, 0.6) is 0 Å². The third kappa shape index (κ3) is 4.35. The number of nitrogens with two attached hydrogens (primary N) is 1. The van der Waals surface area contributed by atoms with Crippen molar-refractivity contribution in [2.24, 2.45) is 5.73 Å². The van der Waals surface area contributed by atoms with Crippen LogP contribution >= 0.6 is 23.4 Å². The van der Waals surface area contributed by atoms with Crippen LogP contribution in [-0.2, 0) is 9.59 Å². The Morgan fingerprint density at radius 1 is 1.55 bits per heavy atom. The minimum absolute atomic E-state index is 0.0245. The zero-order chi connectivity index (χ0) is 15.3. The number of aromatic nitrogens is 2. The van der Waals surface area contributed by atoms with Gasteiger partial charge in [0.1, 0.15) is 6.04 Å². The maximum atomic E-state index is 11.9. The van der Waals surface area contributed by atoms with Gasteiger partial charge in [-0.2, -0.15) is 0 Å². The van der Waals surface area contributed by atoms with Crippen molar-refractivity contribution in [2.45, 2.75) is 17.6 Å². The Bertz CT molecular complexity index is 554. The highest BCUT2D eigenvalue weighted by Gasteiger charge is 2.24. The number of hydrogen-bond acceptors (Lipinski definition) is 6. The summed E-state index contributed by atoms with van der Waals surface area (Å²) in [6.45, 7) is 0. The van der Waals surface area contributed by atoms with Crippen molar-refractivity contribution in [3.8, 4) is 0 Å². The average molecular weight is 319 g/mol. The second-order valence-corrected chi connectivity index (χ2v) is 4.77. The lowest BCUT2D eigenvalue weighted by molar-refractivity contribution is -0.140. The van der Waals surface area contributed by atoms with E-state index in [1.54, 1.807) is 6.26 Å². The van der Waals surface area contributed by atoms with Gasteiger partial charge in [-0.25, -0.2) is 14.8 Å². The van der Waals surface area contributed by atoms with Gasteiger partial charge in [0, 0.05) is 0 Å². The molecule has 2 amide bonds. The summed E-state index contributed by atoms with van der Waals surface area (Å²) >= 11 is 6.98. The first-order valence-corrected chi connectivity index (χ1v) is 6.84. The standard InChI is InChI=1S/C10H11ClN4O4S/c1-20-10-13-3-4(11)7(15-10)8(17)14-5(9(18)19)2-6(12)16/h3,5H,2H2,1H3,(H2,12,16)(H,14,17)(H,18,19)/t5-/m0/s1. The minimum atomic E-state index is -1.44. The number of nitrogens with one attached hydrogen (secondary N) is 1. The van der Waals surface area contributed by atoms with Crippen LogP contribution in [0.3, 0.4) is 0 Å². The summed E-state index contributed by atoms with van der Waals surface area (Å²) in [5.74, 6) is -3.05. The molecule has 4 N–H and O–H groups in total. The van der Waals surface area contributed by atoms with E-state index in [1.807, 2.05) is 0 Å². The Morgan fingerprint density at radius 2 is 2.20 bits per heavy atom. The van der Waals surface area contributed by atoms with Gasteiger partial charge in [-0.1, -0.05) is 23.4 Å². The molecule has 0 aliphatic heterocycles. The van der Waals surface area contributed by atoms with Crippen molar-refractivity contribution in [3.63, 3.8) is 0 Å². The summed E-state index contributed by atoms with van der Waals surface area (Å²) in [6, 6.07) is -1.44. The monoisotopic (exact) mass is 318 g/mol. The van der Waals surface area contributed by atoms with Crippen molar-refractivity contribution in [2.75, 3.05) is 6.26 Å². The Kier molecular flexibility index (Phi) is 5.71. The zero-order valence-corrected chi connectivity index (χ0v) is 11.9. The van der Waals surface area contributed by atoms with Gasteiger partial charge in [-0.3, -0.25) is 9.59 Å². The summed E-state index contributed by atoms with van der Waals surface area (Å²) in [7, 11) is 0. The van der Waals surface area contributed by atoms with E-state index in [-0.39, 0.29) is 10.7 Å². The lowest BCUT2D eigenvalue weighted by Gasteiger charge is -2.13. The molecule has 1 atom stereocenters. The molecule has 0 aliphatic rings. The summed E-state index contributed by atoms with van der Waals surface area (Å²) in [6.07, 6.45) is 2.41. The number of nitrogens with zero attached hydrogens (tertiary/aromatic N) is 2. The molecule has 1 heterocycles. The van der Waals surface area contributed by atoms with Crippen molar-refractivity contribution in [1.82, 2.24) is 15.3 Å². The molecule has 0 radical (unpaired) electrons. The van der Waals surface area contributed by atoms with Gasteiger partial charge in [-0.15, -0.1) is 0 Å². The van der Waals surface area contributed by atoms with E-state index in [1.165, 1.54) is 18.0 Å². The number of carboxylic acid groups (broad SMARTS) is 1. The van der Waals surface area contributed by atoms with Crippen molar-refractivity contribution in [3.05, 3.63) is 16.9 Å². The highest BCUT2D eigenvalue weighted by atomic mass is 35.5. The van der Waals surface area contributed by atoms with Gasteiger partial charge in [-0.05, 0) is 6.26 Å². The van der Waals surface area contributed by atoms with Crippen molar-refractivity contribution in [1.29, 1.82) is 0 Å². The molecule has 10 heteroatoms. The van der Waals surface area contributed by atoms with Crippen molar-refractivity contribution >= 4 is 41.1 Å². The molecule has 0 fully saturated rings. The van der Waals surface area contributed by atoms with Gasteiger partial charge in [0.25, 0.3) is 5.91 Å². The zero-order valence-electron chi connectivity index (χ0n) is 10.3. The predicted molar refractivity (Wildman–Crippen MR) is 71.5 cm³/mol. The minimum Gasteiger partial charge on any atom is -0.480 e. The van der Waals surface area contributed by atoms with Crippen LogP contribution in [0.15, 0.2) is 11.4 Å². The van der Waals surface area contributed by atoms with Crippen LogP contribution in [0.2, 0.25) is 5.02 Å². The van der Waals surface area contributed by atoms with Gasteiger partial charge in [0.2, 0.25) is 5.91 Å². The van der Waals surface area contributed by atoms with Crippen LogP contribution < -0.4 is 11.1 Å². The number of hydrogen-bond donors (Lipinski definition) is 3. The highest BCUT2D eigenvalue weighted by Crippen LogP contribution is 2.16. The quantitative estimate of drug-likeness (QED) is 0.492. The van der Waals surface area contributed by atoms with Crippen LogP contribution in [0.4, 0.5) is 0 Å². The van der Waals surface area contributed by atoms with E-state index in [4.69, 9.17) is 22.4 Å². The number of primary amides is 1. The molecule has 0 saturated carbocycles. The molecule has 8 nitrogen and oxygen atoms in total. The van der Waals surface area contributed by atoms with Crippen LogP contribution in [0.25, 0.3) is 0 Å². The summed E-state index contributed by atoms with van der Waals surface area (Å²) in [5, 5.41) is 11.3. The molecular weight excluding hydrogens is 308 g/mol. The van der Waals surface area contributed by atoms with Gasteiger partial charge >= 0.3 is 5.97 Å². The predicted octanol–water partition coefficient (Wildman–Crippen LogP) is -0.0897. The third-order valence-electron chi connectivity index (χ3n) is 2.13. The van der Waals surface area contributed by atoms with Crippen LogP contribution in [0, 0.1) is 0 Å². The number of rotatable bonds is 6. The summed E-state index contributed by atoms with van der Waals surface area (Å²) < 4.78 is 0. The fourth-order valence-corrected chi connectivity index (χ4v) is 1.75. The maximum absolute atomic E-state index is 11.9. The first-order chi connectivity index (χ1) is 9.35. The van der Waals surface area contributed by atoms with E-state index in [0.29, 0.717) is 5.16 Å². The fraction of sp³-hybridized carbons (Fsp3) is 0.300. The van der Waals surface area contributed by atoms with Gasteiger partial charge in [0.05, 0.1) is 17.6 Å². The second kappa shape index (κ2) is 7.06. The van der Waals surface area contributed by atoms with Crippen molar-refractivity contribution < 1.29 is 19.5 Å². The Labute approximate surface area is 123 Å². The summed E-state index contributed by atoms with van der Waals surface area (Å²) in [5.41, 5.74) is 4.75. The van der Waals surface area contributed by atoms with E-state index < -0.39 is 30.2 Å². The Morgan fingerprint density at radius 3 is 2.70 bits per heavy atom. The number of thioether (sulfide) groups is 1. The summed E-state index contributed by atoms with van der Waals surface area (Å²) in [4.78, 5) is 41.3. The largest absolute Gasteiger partial charge is 0.480 e. The van der Waals surface area contributed by atoms with Gasteiger partial charge in [0.15, 0.2) is 10.9 Å². The molecule has 0 saturated heterocycles.